The van der Waals surface area contributed by atoms with E-state index in [0.29, 0.717) is 19.5 Å². The molecule has 1 aromatic carbocycles. The maximum absolute atomic E-state index is 13.4. The van der Waals surface area contributed by atoms with E-state index in [1.54, 1.807) is 30.9 Å². The van der Waals surface area contributed by atoms with Crippen molar-refractivity contribution in [2.75, 3.05) is 20.2 Å². The second kappa shape index (κ2) is 7.17. The first-order valence-electron chi connectivity index (χ1n) is 7.92. The van der Waals surface area contributed by atoms with Crippen LogP contribution in [0.5, 0.6) is 5.75 Å². The van der Waals surface area contributed by atoms with Crippen molar-refractivity contribution in [1.82, 2.24) is 10.2 Å². The summed E-state index contributed by atoms with van der Waals surface area (Å²) in [5.74, 6) is -0.194. The van der Waals surface area contributed by atoms with Crippen LogP contribution in [0.25, 0.3) is 0 Å². The highest BCUT2D eigenvalue weighted by atomic mass is 19.1. The van der Waals surface area contributed by atoms with Crippen molar-refractivity contribution in [2.24, 2.45) is 0 Å². The average molecular weight is 324 g/mol. The first kappa shape index (κ1) is 17.5. The minimum atomic E-state index is -0.905. The molecule has 0 unspecified atom stereocenters. The van der Waals surface area contributed by atoms with Gasteiger partial charge in [0, 0.05) is 13.1 Å². The zero-order valence-electron chi connectivity index (χ0n) is 13.9. The van der Waals surface area contributed by atoms with Gasteiger partial charge in [-0.2, -0.15) is 0 Å². The lowest BCUT2D eigenvalue weighted by Crippen LogP contribution is -2.51. The van der Waals surface area contributed by atoms with Crippen LogP contribution in [0, 0.1) is 5.82 Å². The first-order chi connectivity index (χ1) is 10.8. The Hall–Kier alpha value is -1.82. The molecule has 6 heteroatoms. The van der Waals surface area contributed by atoms with Gasteiger partial charge in [-0.15, -0.1) is 0 Å². The molecule has 0 spiro atoms. The zero-order valence-corrected chi connectivity index (χ0v) is 13.9. The Morgan fingerprint density at radius 1 is 1.52 bits per heavy atom. The number of urea groups is 1. The van der Waals surface area contributed by atoms with Crippen molar-refractivity contribution in [2.45, 2.75) is 44.8 Å². The van der Waals surface area contributed by atoms with E-state index in [-0.39, 0.29) is 17.8 Å². The van der Waals surface area contributed by atoms with Gasteiger partial charge in [-0.25, -0.2) is 9.18 Å². The van der Waals surface area contributed by atoms with Crippen LogP contribution < -0.4 is 10.1 Å². The molecule has 2 rings (SSSR count). The number of hydrogen-bond donors (Lipinski definition) is 2. The van der Waals surface area contributed by atoms with Gasteiger partial charge in [0.15, 0.2) is 11.6 Å². The molecule has 5 nitrogen and oxygen atoms in total. The van der Waals surface area contributed by atoms with Crippen LogP contribution in [-0.2, 0) is 6.42 Å². The van der Waals surface area contributed by atoms with Gasteiger partial charge in [0.25, 0.3) is 0 Å². The molecule has 1 aliphatic heterocycles. The highest BCUT2D eigenvalue weighted by molar-refractivity contribution is 5.75. The van der Waals surface area contributed by atoms with Crippen LogP contribution in [-0.4, -0.2) is 47.9 Å². The van der Waals surface area contributed by atoms with Gasteiger partial charge in [-0.3, -0.25) is 0 Å². The molecule has 23 heavy (non-hydrogen) atoms. The average Bonchev–Trinajstić information content (AvgIpc) is 2.98. The van der Waals surface area contributed by atoms with Crippen LogP contribution in [0.1, 0.15) is 32.3 Å². The summed E-state index contributed by atoms with van der Waals surface area (Å²) in [5, 5.41) is 13.0. The molecule has 0 radical (unpaired) electrons. The highest BCUT2D eigenvalue weighted by Crippen LogP contribution is 2.26. The van der Waals surface area contributed by atoms with Gasteiger partial charge in [-0.05, 0) is 50.8 Å². The maximum atomic E-state index is 13.4. The smallest absolute Gasteiger partial charge is 0.317 e. The molecule has 1 atom stereocenters. The Labute approximate surface area is 136 Å². The normalized spacial score (nSPS) is 18.1. The maximum Gasteiger partial charge on any atom is 0.317 e. The third-order valence-electron chi connectivity index (χ3n) is 4.23. The standard InChI is InChI=1S/C17H25FN2O3/c1-17(2,22)15-5-4-10-20(15)16(21)19-9-8-12-6-7-13(18)14(11-12)23-3/h6-7,11,15,22H,4-5,8-10H2,1-3H3,(H,19,21)/t15-/m1/s1. The minimum absolute atomic E-state index is 0.159. The largest absolute Gasteiger partial charge is 0.494 e. The SMILES string of the molecule is COc1cc(CCNC(=O)N2CCC[C@@H]2C(C)(C)O)ccc1F. The van der Waals surface area contributed by atoms with Gasteiger partial charge < -0.3 is 20.1 Å². The predicted octanol–water partition coefficient (Wildman–Crippen LogP) is 2.32. The second-order valence-electron chi connectivity index (χ2n) is 6.46. The third-order valence-corrected chi connectivity index (χ3v) is 4.23. The quantitative estimate of drug-likeness (QED) is 0.874. The fraction of sp³-hybridized carbons (Fsp3) is 0.588. The van der Waals surface area contributed by atoms with E-state index in [1.807, 2.05) is 0 Å². The van der Waals surface area contributed by atoms with Crippen LogP contribution in [0.2, 0.25) is 0 Å². The highest BCUT2D eigenvalue weighted by Gasteiger charge is 2.38. The molecular weight excluding hydrogens is 299 g/mol. The van der Waals surface area contributed by atoms with E-state index >= 15 is 0 Å². The molecule has 2 N–H and O–H groups in total. The number of rotatable bonds is 5. The number of ether oxygens (including phenoxy) is 1. The summed E-state index contributed by atoms with van der Waals surface area (Å²) in [5.41, 5.74) is -0.0120. The minimum Gasteiger partial charge on any atom is -0.494 e. The number of methoxy groups -OCH3 is 1. The molecule has 1 aromatic rings. The van der Waals surface area contributed by atoms with E-state index < -0.39 is 11.4 Å². The van der Waals surface area contributed by atoms with E-state index in [2.05, 4.69) is 5.32 Å². The number of halogens is 1. The monoisotopic (exact) mass is 324 g/mol. The summed E-state index contributed by atoms with van der Waals surface area (Å²) in [4.78, 5) is 14.0. The fourth-order valence-corrected chi connectivity index (χ4v) is 3.02. The molecule has 0 aliphatic carbocycles. The summed E-state index contributed by atoms with van der Waals surface area (Å²) >= 11 is 0. The van der Waals surface area contributed by atoms with Crippen LogP contribution in [0.4, 0.5) is 9.18 Å². The van der Waals surface area contributed by atoms with Gasteiger partial charge in [-0.1, -0.05) is 6.07 Å². The third kappa shape index (κ3) is 4.34. The number of hydrogen-bond acceptors (Lipinski definition) is 3. The van der Waals surface area contributed by atoms with Gasteiger partial charge in [0.05, 0.1) is 18.8 Å². The molecule has 1 aliphatic rings. The Bertz CT molecular complexity index is 557. The number of likely N-dealkylation sites (tertiary alicyclic amines) is 1. The molecule has 1 heterocycles. The van der Waals surface area contributed by atoms with E-state index in [1.165, 1.54) is 13.2 Å². The fourth-order valence-electron chi connectivity index (χ4n) is 3.02. The number of benzene rings is 1. The second-order valence-corrected chi connectivity index (χ2v) is 6.46. The van der Waals surface area contributed by atoms with Crippen LogP contribution >= 0.6 is 0 Å². The van der Waals surface area contributed by atoms with Crippen molar-refractivity contribution in [1.29, 1.82) is 0 Å². The summed E-state index contributed by atoms with van der Waals surface area (Å²) < 4.78 is 18.3. The zero-order chi connectivity index (χ0) is 17.0. The number of nitrogens with one attached hydrogen (secondary N) is 1. The molecule has 1 fully saturated rings. The van der Waals surface area contributed by atoms with Crippen molar-refractivity contribution in [3.05, 3.63) is 29.6 Å². The first-order valence-corrected chi connectivity index (χ1v) is 7.92. The summed E-state index contributed by atoms with van der Waals surface area (Å²) in [6, 6.07) is 4.36. The Kier molecular flexibility index (Phi) is 5.46. The van der Waals surface area contributed by atoms with Crippen molar-refractivity contribution in [3.8, 4) is 5.75 Å². The van der Waals surface area contributed by atoms with Crippen molar-refractivity contribution in [3.63, 3.8) is 0 Å². The molecule has 2 amide bonds. The number of carbonyl (C=O) groups excluding carboxylic acids is 1. The molecular formula is C17H25FN2O3. The lowest BCUT2D eigenvalue weighted by molar-refractivity contribution is 0.00986. The number of nitrogens with zero attached hydrogens (tertiary/aromatic N) is 1. The van der Waals surface area contributed by atoms with E-state index in [0.717, 1.165) is 18.4 Å². The van der Waals surface area contributed by atoms with Crippen LogP contribution in [0.3, 0.4) is 0 Å². The van der Waals surface area contributed by atoms with Gasteiger partial charge in [0.1, 0.15) is 0 Å². The molecule has 0 aromatic heterocycles. The Morgan fingerprint density at radius 3 is 2.91 bits per heavy atom. The Morgan fingerprint density at radius 2 is 2.26 bits per heavy atom. The number of amides is 2. The van der Waals surface area contributed by atoms with Crippen LogP contribution in [0.15, 0.2) is 18.2 Å². The lowest BCUT2D eigenvalue weighted by Gasteiger charge is -2.33. The predicted molar refractivity (Wildman–Crippen MR) is 86.1 cm³/mol. The van der Waals surface area contributed by atoms with E-state index in [9.17, 15) is 14.3 Å². The van der Waals surface area contributed by atoms with Gasteiger partial charge in [0.2, 0.25) is 0 Å². The number of aliphatic hydroxyl groups is 1. The lowest BCUT2D eigenvalue weighted by atomic mass is 9.97. The summed E-state index contributed by atoms with van der Waals surface area (Å²) in [6.07, 6.45) is 2.30. The molecule has 128 valence electrons. The number of carbonyl (C=O) groups is 1. The van der Waals surface area contributed by atoms with Gasteiger partial charge >= 0.3 is 6.03 Å². The summed E-state index contributed by atoms with van der Waals surface area (Å²) in [6.45, 7) is 4.57. The molecule has 1 saturated heterocycles. The van der Waals surface area contributed by atoms with Crippen molar-refractivity contribution < 1.29 is 19.0 Å². The summed E-state index contributed by atoms with van der Waals surface area (Å²) in [7, 11) is 1.42. The Balaban J connectivity index is 1.87. The van der Waals surface area contributed by atoms with E-state index in [4.69, 9.17) is 4.74 Å². The topological polar surface area (TPSA) is 61.8 Å². The van der Waals surface area contributed by atoms with Crippen molar-refractivity contribution >= 4 is 6.03 Å². The molecule has 0 saturated carbocycles. The molecule has 0 bridgehead atoms.